The van der Waals surface area contributed by atoms with Crippen LogP contribution in [0.1, 0.15) is 75.7 Å². The van der Waals surface area contributed by atoms with Crippen LogP contribution in [0.4, 0.5) is 5.82 Å². The largest absolute Gasteiger partial charge is 0.396 e. The lowest BCUT2D eigenvalue weighted by Crippen LogP contribution is -2.18. The number of amidine groups is 1. The number of aliphatic imine (C=N–C) groups is 1. The van der Waals surface area contributed by atoms with Gasteiger partial charge in [0, 0.05) is 76.4 Å². The lowest BCUT2D eigenvalue weighted by atomic mass is 9.76. The fourth-order valence-electron chi connectivity index (χ4n) is 6.80. The first-order valence-corrected chi connectivity index (χ1v) is 15.7. The molecule has 8 nitrogen and oxygen atoms in total. The molecule has 2 aliphatic heterocycles. The molecule has 0 saturated carbocycles. The summed E-state index contributed by atoms with van der Waals surface area (Å²) >= 11 is 0. The zero-order chi connectivity index (χ0) is 30.1. The van der Waals surface area contributed by atoms with Gasteiger partial charge in [-0.3, -0.25) is 9.36 Å². The summed E-state index contributed by atoms with van der Waals surface area (Å²) in [5.74, 6) is 2.32. The van der Waals surface area contributed by atoms with E-state index in [2.05, 4.69) is 91.6 Å². The van der Waals surface area contributed by atoms with Crippen LogP contribution in [0.2, 0.25) is 0 Å². The zero-order valence-electron chi connectivity index (χ0n) is 26.3. The van der Waals surface area contributed by atoms with Gasteiger partial charge in [-0.05, 0) is 74.2 Å². The van der Waals surface area contributed by atoms with Gasteiger partial charge in [0.2, 0.25) is 0 Å². The van der Waals surface area contributed by atoms with E-state index >= 15 is 0 Å². The van der Waals surface area contributed by atoms with Crippen molar-refractivity contribution in [3.8, 4) is 0 Å². The second-order valence-electron chi connectivity index (χ2n) is 12.6. The lowest BCUT2D eigenvalue weighted by molar-refractivity contribution is 0.277. The standard InChI is InChI=1S/C35H45N7O/c1-23-13-16-40(4)22-28(19-23)26-8-10-29(25(3)20-26)35-34-30(38-41(35)5)11-9-27-21-36-31(12-7-24(2)33(27)34)37-32-14-17-42(39-32)15-6-18-43/h8,10,14,17,19-22,25,29,43H,6-7,9,11-13,15-16,18H2,1-5H3,(H,36,37,39)/b27-21-,33-24-. The Bertz CT molecular complexity index is 1610. The van der Waals surface area contributed by atoms with Gasteiger partial charge in [-0.15, -0.1) is 0 Å². The predicted octanol–water partition coefficient (Wildman–Crippen LogP) is 6.29. The van der Waals surface area contributed by atoms with Crippen molar-refractivity contribution < 1.29 is 5.11 Å². The van der Waals surface area contributed by atoms with Gasteiger partial charge in [-0.25, -0.2) is 4.99 Å². The van der Waals surface area contributed by atoms with Crippen LogP contribution in [0.5, 0.6) is 0 Å². The molecule has 0 amide bonds. The van der Waals surface area contributed by atoms with Crippen molar-refractivity contribution >= 4 is 17.2 Å². The topological polar surface area (TPSA) is 83.5 Å². The normalized spacial score (nSPS) is 25.3. The minimum atomic E-state index is 0.165. The third-order valence-electron chi connectivity index (χ3n) is 9.13. The van der Waals surface area contributed by atoms with Crippen molar-refractivity contribution in [2.24, 2.45) is 18.0 Å². The highest BCUT2D eigenvalue weighted by Crippen LogP contribution is 2.45. The molecule has 0 aromatic carbocycles. The van der Waals surface area contributed by atoms with Crippen molar-refractivity contribution in [1.82, 2.24) is 24.5 Å². The quantitative estimate of drug-likeness (QED) is 0.420. The number of anilines is 1. The number of rotatable bonds is 6. The highest BCUT2D eigenvalue weighted by Gasteiger charge is 2.33. The summed E-state index contributed by atoms with van der Waals surface area (Å²) in [7, 11) is 4.28. The molecule has 0 bridgehead atoms. The highest BCUT2D eigenvalue weighted by molar-refractivity contribution is 5.96. The Morgan fingerprint density at radius 2 is 1.91 bits per heavy atom. The van der Waals surface area contributed by atoms with Crippen molar-refractivity contribution in [3.05, 3.63) is 93.8 Å². The molecule has 2 aromatic rings. The average Bonchev–Trinajstić information content (AvgIpc) is 3.52. The summed E-state index contributed by atoms with van der Waals surface area (Å²) in [6, 6.07) is 1.97. The van der Waals surface area contributed by atoms with E-state index in [9.17, 15) is 0 Å². The average molecular weight is 580 g/mol. The molecule has 0 spiro atoms. The number of nitrogens with one attached hydrogen (secondary N) is 1. The Morgan fingerprint density at radius 1 is 1.05 bits per heavy atom. The van der Waals surface area contributed by atoms with Gasteiger partial charge < -0.3 is 15.3 Å². The van der Waals surface area contributed by atoms with Gasteiger partial charge in [0.1, 0.15) is 5.84 Å². The molecular formula is C35H45N7O. The number of fused-ring (bicyclic) bond motifs is 3. The van der Waals surface area contributed by atoms with E-state index in [0.29, 0.717) is 18.9 Å². The Balaban J connectivity index is 1.28. The van der Waals surface area contributed by atoms with Gasteiger partial charge in [0.25, 0.3) is 0 Å². The number of hydrogen-bond donors (Lipinski definition) is 2. The van der Waals surface area contributed by atoms with Crippen molar-refractivity contribution in [2.75, 3.05) is 25.5 Å². The van der Waals surface area contributed by atoms with E-state index in [0.717, 1.165) is 50.3 Å². The van der Waals surface area contributed by atoms with Crippen LogP contribution in [0, 0.1) is 5.92 Å². The maximum Gasteiger partial charge on any atom is 0.153 e. The van der Waals surface area contributed by atoms with Gasteiger partial charge >= 0.3 is 0 Å². The molecule has 2 atom stereocenters. The van der Waals surface area contributed by atoms with Crippen LogP contribution < -0.4 is 5.32 Å². The molecule has 2 unspecified atom stereocenters. The first kappa shape index (κ1) is 29.2. The maximum atomic E-state index is 9.12. The van der Waals surface area contributed by atoms with Crippen LogP contribution in [0.15, 0.2) is 81.8 Å². The number of aliphatic hydroxyl groups excluding tert-OH is 1. The van der Waals surface area contributed by atoms with Gasteiger partial charge in [0.15, 0.2) is 5.82 Å². The predicted molar refractivity (Wildman–Crippen MR) is 175 cm³/mol. The molecule has 226 valence electrons. The summed E-state index contributed by atoms with van der Waals surface area (Å²) in [5.41, 5.74) is 11.9. The second-order valence-corrected chi connectivity index (χ2v) is 12.6. The number of aryl methyl sites for hydroxylation is 3. The Kier molecular flexibility index (Phi) is 8.39. The van der Waals surface area contributed by atoms with Gasteiger partial charge in [-0.1, -0.05) is 42.4 Å². The molecule has 4 aliphatic rings. The van der Waals surface area contributed by atoms with E-state index in [1.165, 1.54) is 50.4 Å². The monoisotopic (exact) mass is 579 g/mol. The van der Waals surface area contributed by atoms with E-state index in [1.807, 2.05) is 16.9 Å². The van der Waals surface area contributed by atoms with Crippen LogP contribution in [0.25, 0.3) is 5.57 Å². The number of aliphatic hydroxyl groups is 1. The molecule has 2 aliphatic carbocycles. The molecule has 0 radical (unpaired) electrons. The first-order valence-electron chi connectivity index (χ1n) is 15.7. The molecule has 2 aromatic heterocycles. The van der Waals surface area contributed by atoms with E-state index in [-0.39, 0.29) is 12.5 Å². The third-order valence-corrected chi connectivity index (χ3v) is 9.13. The van der Waals surface area contributed by atoms with Crippen LogP contribution in [-0.4, -0.2) is 55.6 Å². The molecule has 4 heterocycles. The molecular weight excluding hydrogens is 534 g/mol. The number of aromatic nitrogens is 4. The number of allylic oxidation sites excluding steroid dienone is 9. The van der Waals surface area contributed by atoms with Crippen molar-refractivity contribution in [3.63, 3.8) is 0 Å². The Labute approximate surface area is 255 Å². The third kappa shape index (κ3) is 6.11. The minimum Gasteiger partial charge on any atom is -0.396 e. The summed E-state index contributed by atoms with van der Waals surface area (Å²) in [6.07, 6.45) is 21.2. The minimum absolute atomic E-state index is 0.165. The summed E-state index contributed by atoms with van der Waals surface area (Å²) in [4.78, 5) is 7.24. The van der Waals surface area contributed by atoms with E-state index < -0.39 is 0 Å². The van der Waals surface area contributed by atoms with Crippen LogP contribution in [-0.2, 0) is 20.0 Å². The second kappa shape index (κ2) is 12.4. The molecule has 0 fully saturated rings. The molecule has 2 N–H and O–H groups in total. The molecule has 8 heteroatoms. The fraction of sp³-hybridized carbons (Fsp3) is 0.457. The Hall–Kier alpha value is -3.91. The maximum absolute atomic E-state index is 9.12. The summed E-state index contributed by atoms with van der Waals surface area (Å²) < 4.78 is 4.00. The highest BCUT2D eigenvalue weighted by atomic mass is 16.3. The molecule has 43 heavy (non-hydrogen) atoms. The summed E-state index contributed by atoms with van der Waals surface area (Å²) in [5, 5.41) is 22.2. The molecule has 6 rings (SSSR count). The van der Waals surface area contributed by atoms with Gasteiger partial charge in [-0.2, -0.15) is 10.2 Å². The smallest absolute Gasteiger partial charge is 0.153 e. The van der Waals surface area contributed by atoms with Crippen LogP contribution >= 0.6 is 0 Å². The summed E-state index contributed by atoms with van der Waals surface area (Å²) in [6.45, 7) is 8.79. The molecule has 0 saturated heterocycles. The first-order chi connectivity index (χ1) is 20.8. The zero-order valence-corrected chi connectivity index (χ0v) is 26.3. The SMILES string of the molecule is CC1=CC(C2=CC(C)C(c3c4c(nn3C)CCC3=C/N=C(Nc5ccn(CCCO)n5)CC\C(C)=C\34)C=C2)=CN(C)CC1. The van der Waals surface area contributed by atoms with Crippen molar-refractivity contribution in [2.45, 2.75) is 71.8 Å². The number of hydrogen-bond acceptors (Lipinski definition) is 6. The van der Waals surface area contributed by atoms with E-state index in [4.69, 9.17) is 15.2 Å². The van der Waals surface area contributed by atoms with E-state index in [1.54, 1.807) is 0 Å². The van der Waals surface area contributed by atoms with Gasteiger partial charge in [0.05, 0.1) is 11.4 Å². The van der Waals surface area contributed by atoms with Crippen molar-refractivity contribution in [1.29, 1.82) is 0 Å². The lowest BCUT2D eigenvalue weighted by Gasteiger charge is -2.28. The van der Waals surface area contributed by atoms with Crippen LogP contribution in [0.3, 0.4) is 0 Å². The Morgan fingerprint density at radius 3 is 2.72 bits per heavy atom. The fourth-order valence-corrected chi connectivity index (χ4v) is 6.80. The number of nitrogens with zero attached hydrogens (tertiary/aromatic N) is 6.